The van der Waals surface area contributed by atoms with Crippen LogP contribution in [0, 0.1) is 11.3 Å². The number of fused-ring (bicyclic) bond motifs is 3. The molecule has 67 heavy (non-hydrogen) atoms. The third-order valence-corrected chi connectivity index (χ3v) is 16.5. The summed E-state index contributed by atoms with van der Waals surface area (Å²) in [6, 6.07) is 3.75. The van der Waals surface area contributed by atoms with Crippen LogP contribution in [0.2, 0.25) is 0 Å². The van der Waals surface area contributed by atoms with E-state index in [0.29, 0.717) is 72.6 Å². The van der Waals surface area contributed by atoms with E-state index in [0.717, 1.165) is 30.8 Å². The van der Waals surface area contributed by atoms with Crippen LogP contribution in [-0.2, 0) is 24.6 Å². The van der Waals surface area contributed by atoms with Crippen molar-refractivity contribution in [1.29, 1.82) is 0 Å². The van der Waals surface area contributed by atoms with Crippen molar-refractivity contribution in [2.45, 2.75) is 155 Å². The molecular formula is C47H69N9O9S2. The lowest BCUT2D eigenvalue weighted by Crippen LogP contribution is -2.61. The highest BCUT2D eigenvalue weighted by atomic mass is 32.2. The van der Waals surface area contributed by atoms with Gasteiger partial charge < -0.3 is 40.7 Å². The van der Waals surface area contributed by atoms with Crippen LogP contribution in [0.15, 0.2) is 29.6 Å². The Morgan fingerprint density at radius 1 is 1.00 bits per heavy atom. The first-order valence-electron chi connectivity index (χ1n) is 23.8. The van der Waals surface area contributed by atoms with Crippen molar-refractivity contribution in [1.82, 2.24) is 39.4 Å². The number of hydrogen-bond donors (Lipinski definition) is 5. The number of urea groups is 1. The summed E-state index contributed by atoms with van der Waals surface area (Å²) in [6.45, 7) is 14.3. The summed E-state index contributed by atoms with van der Waals surface area (Å²) in [7, 11) is -2.20. The highest BCUT2D eigenvalue weighted by molar-refractivity contribution is 7.86. The molecule has 4 fully saturated rings. The molecule has 0 radical (unpaired) electrons. The van der Waals surface area contributed by atoms with Crippen LogP contribution < -0.4 is 30.7 Å². The number of hydrogen-bond acceptors (Lipinski definition) is 12. The summed E-state index contributed by atoms with van der Waals surface area (Å²) >= 11 is 1.45. The van der Waals surface area contributed by atoms with Crippen LogP contribution in [-0.4, -0.2) is 136 Å². The van der Waals surface area contributed by atoms with Crippen LogP contribution in [0.3, 0.4) is 0 Å². The molecule has 1 aromatic carbocycles. The van der Waals surface area contributed by atoms with Gasteiger partial charge in [0.15, 0.2) is 5.13 Å². The molecule has 0 spiro atoms. The lowest BCUT2D eigenvalue weighted by Gasteiger charge is -2.41. The lowest BCUT2D eigenvalue weighted by atomic mass is 9.86. The predicted octanol–water partition coefficient (Wildman–Crippen LogP) is 5.98. The van der Waals surface area contributed by atoms with Gasteiger partial charge in [-0.05, 0) is 76.8 Å². The molecule has 5 heterocycles. The summed E-state index contributed by atoms with van der Waals surface area (Å²) in [4.78, 5) is 67.6. The number of ether oxygens (including phenoxy) is 2. The maximum Gasteiger partial charge on any atom is 0.329 e. The molecule has 4 aliphatic rings. The number of carboxylic acid groups (broad SMARTS) is 1. The fourth-order valence-corrected chi connectivity index (χ4v) is 12.3. The summed E-state index contributed by atoms with van der Waals surface area (Å²) in [6.07, 6.45) is 5.18. The molecule has 6 atom stereocenters. The number of carbonyl (C=O) groups excluding carboxylic acids is 3. The fraction of sp³-hybridized carbons (Fsp3) is 0.660. The van der Waals surface area contributed by atoms with E-state index in [9.17, 15) is 27.9 Å². The van der Waals surface area contributed by atoms with E-state index in [2.05, 4.69) is 21.3 Å². The molecular weight excluding hydrogens is 899 g/mol. The van der Waals surface area contributed by atoms with Gasteiger partial charge >= 0.3 is 12.0 Å². The normalized spacial score (nSPS) is 25.9. The van der Waals surface area contributed by atoms with Gasteiger partial charge in [0, 0.05) is 67.1 Å². The smallest absolute Gasteiger partial charge is 0.329 e. The third-order valence-electron chi connectivity index (χ3n) is 13.5. The Balaban J connectivity index is 1.18. The number of rotatable bonds is 12. The van der Waals surface area contributed by atoms with E-state index in [1.54, 1.807) is 25.3 Å². The molecule has 18 nitrogen and oxygen atoms in total. The van der Waals surface area contributed by atoms with E-state index in [-0.39, 0.29) is 43.9 Å². The Bertz CT molecular complexity index is 2410. The number of carbonyl (C=O) groups is 4. The molecule has 2 unspecified atom stereocenters. The maximum atomic E-state index is 15.0. The topological polar surface area (TPSA) is 225 Å². The minimum Gasteiger partial charge on any atom is -0.497 e. The van der Waals surface area contributed by atoms with E-state index < -0.39 is 69.2 Å². The largest absolute Gasteiger partial charge is 0.497 e. The molecule has 0 bridgehead atoms. The number of benzene rings is 1. The zero-order chi connectivity index (χ0) is 48.4. The number of thiazole rings is 1. The second-order valence-corrected chi connectivity index (χ2v) is 23.0. The second-order valence-electron chi connectivity index (χ2n) is 20.2. The number of anilines is 1. The average molecular weight is 968 g/mol. The first-order chi connectivity index (χ1) is 31.7. The number of carboxylic acids is 1. The number of aliphatic carboxylic acids is 1. The molecule has 3 aliphatic heterocycles. The van der Waals surface area contributed by atoms with Crippen molar-refractivity contribution in [3.63, 3.8) is 0 Å². The van der Waals surface area contributed by atoms with Crippen LogP contribution in [0.5, 0.6) is 11.5 Å². The van der Waals surface area contributed by atoms with Gasteiger partial charge in [0.1, 0.15) is 40.9 Å². The van der Waals surface area contributed by atoms with Crippen molar-refractivity contribution in [3.05, 3.63) is 29.6 Å². The Kier molecular flexibility index (Phi) is 15.3. The second kappa shape index (κ2) is 20.4. The average Bonchev–Trinajstić information content (AvgIpc) is 3.51. The van der Waals surface area contributed by atoms with Gasteiger partial charge in [0.25, 0.3) is 10.2 Å². The van der Waals surface area contributed by atoms with Gasteiger partial charge in [-0.2, -0.15) is 17.0 Å². The first-order valence-corrected chi connectivity index (χ1v) is 26.1. The molecule has 4 amide bonds. The molecule has 1 saturated carbocycles. The molecule has 20 heteroatoms. The molecule has 2 aromatic heterocycles. The van der Waals surface area contributed by atoms with Crippen LogP contribution >= 0.6 is 11.3 Å². The van der Waals surface area contributed by atoms with Crippen molar-refractivity contribution < 1.29 is 42.2 Å². The van der Waals surface area contributed by atoms with Gasteiger partial charge in [0.2, 0.25) is 11.8 Å². The quantitative estimate of drug-likeness (QED) is 0.141. The summed E-state index contributed by atoms with van der Waals surface area (Å²) < 4.78 is 42.5. The summed E-state index contributed by atoms with van der Waals surface area (Å²) in [5, 5.41) is 25.9. The molecule has 3 saturated heterocycles. The minimum absolute atomic E-state index is 0.0293. The Labute approximate surface area is 398 Å². The van der Waals surface area contributed by atoms with Crippen molar-refractivity contribution >= 4 is 61.4 Å². The van der Waals surface area contributed by atoms with Gasteiger partial charge in [0.05, 0.1) is 24.9 Å². The Hall–Kier alpha value is -4.79. The zero-order valence-electron chi connectivity index (χ0n) is 40.1. The van der Waals surface area contributed by atoms with Crippen molar-refractivity contribution in [3.8, 4) is 22.9 Å². The van der Waals surface area contributed by atoms with Gasteiger partial charge in [-0.25, -0.2) is 19.6 Å². The van der Waals surface area contributed by atoms with E-state index >= 15 is 4.79 Å². The van der Waals surface area contributed by atoms with E-state index in [4.69, 9.17) is 19.4 Å². The zero-order valence-corrected chi connectivity index (χ0v) is 41.7. The van der Waals surface area contributed by atoms with E-state index in [1.807, 2.05) is 59.9 Å². The Morgan fingerprint density at radius 2 is 1.73 bits per heavy atom. The lowest BCUT2D eigenvalue weighted by molar-refractivity contribution is -0.145. The van der Waals surface area contributed by atoms with Crippen molar-refractivity contribution in [2.75, 3.05) is 38.6 Å². The van der Waals surface area contributed by atoms with Crippen LogP contribution in [0.25, 0.3) is 22.3 Å². The van der Waals surface area contributed by atoms with Crippen LogP contribution in [0.4, 0.5) is 9.93 Å². The van der Waals surface area contributed by atoms with E-state index in [1.165, 1.54) is 24.8 Å². The number of nitrogens with zero attached hydrogens (tertiary/aromatic N) is 5. The number of amides is 4. The third kappa shape index (κ3) is 11.4. The molecule has 5 N–H and O–H groups in total. The van der Waals surface area contributed by atoms with Gasteiger partial charge in [-0.1, -0.05) is 52.9 Å². The summed E-state index contributed by atoms with van der Waals surface area (Å²) in [5.74, 6) is -1.37. The van der Waals surface area contributed by atoms with Crippen molar-refractivity contribution in [2.24, 2.45) is 11.3 Å². The number of methoxy groups -OCH3 is 1. The molecule has 1 aliphatic carbocycles. The van der Waals surface area contributed by atoms with Gasteiger partial charge in [-0.15, -0.1) is 11.3 Å². The maximum absolute atomic E-state index is 15.0. The number of aromatic nitrogens is 2. The highest BCUT2D eigenvalue weighted by Gasteiger charge is 2.62. The molecule has 368 valence electrons. The predicted molar refractivity (Wildman–Crippen MR) is 257 cm³/mol. The number of pyridine rings is 1. The van der Waals surface area contributed by atoms with Gasteiger partial charge in [-0.3, -0.25) is 9.59 Å². The fourth-order valence-electron chi connectivity index (χ4n) is 9.56. The first kappa shape index (κ1) is 50.1. The standard InChI is InChI=1S/C47H69N9O9S2/c1-28(2)48-45-51-37(27-66-45)36-23-39(33-18-17-31(64-8)21-35(33)49-36)65-32-22-38-41(57)53-47(43(59)60)24-30(47)15-12-10-9-11-13-16-34(42(58)55(38)25-32)50-44(61)52-40(46(5,6)7)26-54-19-14-20-56(29(3)4)67(54,62)63/h17-18,21,23,27-30,32,34,38,40H,9-16,19-20,22,24-26H2,1-8H3,(H,48,51)(H,53,57)(H,59,60)(H2,50,52,61)/t30?,32-,34+,38+,40?,47-/m1/s1. The summed E-state index contributed by atoms with van der Waals surface area (Å²) in [5.41, 5.74) is -0.235. The minimum atomic E-state index is -3.78. The number of nitrogens with one attached hydrogen (secondary N) is 4. The van der Waals surface area contributed by atoms with Crippen LogP contribution in [0.1, 0.15) is 113 Å². The Morgan fingerprint density at radius 3 is 2.42 bits per heavy atom. The SMILES string of the molecule is COc1ccc2c(O[C@@H]3C[C@H]4C(=O)N[C@]5(C(=O)O)CC5CCCCCCC[C@H](NC(=O)NC(CN5CCCN(C(C)C)S5(=O)=O)C(C)(C)C)C(=O)N4C3)cc(-c3csc(NC(C)C)n3)nc2c1. The molecule has 3 aromatic rings. The highest BCUT2D eigenvalue weighted by Crippen LogP contribution is 2.48. The monoisotopic (exact) mass is 967 g/mol. The molecule has 7 rings (SSSR count).